The first-order valence-corrected chi connectivity index (χ1v) is 10.8. The van der Waals surface area contributed by atoms with E-state index >= 15 is 0 Å². The summed E-state index contributed by atoms with van der Waals surface area (Å²) in [5.41, 5.74) is 0.536. The summed E-state index contributed by atoms with van der Waals surface area (Å²) in [6.45, 7) is 10.1. The number of ether oxygens (including phenoxy) is 2. The van der Waals surface area contributed by atoms with E-state index in [1.807, 2.05) is 0 Å². The number of hydrogen-bond acceptors (Lipinski definition) is 5. The van der Waals surface area contributed by atoms with Gasteiger partial charge < -0.3 is 19.7 Å². The van der Waals surface area contributed by atoms with Gasteiger partial charge in [-0.25, -0.2) is 0 Å². The van der Waals surface area contributed by atoms with E-state index < -0.39 is 0 Å². The lowest BCUT2D eigenvalue weighted by Gasteiger charge is -2.64. The zero-order valence-electron chi connectivity index (χ0n) is 15.6. The number of fused-ring (bicyclic) bond motifs is 2. The molecule has 3 aliphatic heterocycles. The lowest BCUT2D eigenvalue weighted by molar-refractivity contribution is -0.179. The molecule has 3 heterocycles. The van der Waals surface area contributed by atoms with Crippen LogP contribution >= 0.6 is 0 Å². The molecule has 0 aromatic heterocycles. The predicted octanol–water partition coefficient (Wildman–Crippen LogP) is 1.33. The first-order valence-electron chi connectivity index (χ1n) is 10.8. The van der Waals surface area contributed by atoms with Crippen LogP contribution in [0.15, 0.2) is 0 Å². The second kappa shape index (κ2) is 7.08. The minimum Gasteiger partial charge on any atom is -0.379 e. The number of hydrogen-bond donors (Lipinski definition) is 1. The molecule has 1 N–H and O–H groups in total. The van der Waals surface area contributed by atoms with Gasteiger partial charge in [0.15, 0.2) is 0 Å². The fourth-order valence-electron chi connectivity index (χ4n) is 6.18. The molecule has 5 nitrogen and oxygen atoms in total. The van der Waals surface area contributed by atoms with Gasteiger partial charge in [-0.05, 0) is 45.2 Å². The van der Waals surface area contributed by atoms with E-state index in [1.165, 1.54) is 64.7 Å². The molecule has 2 aliphatic carbocycles. The Hall–Kier alpha value is -0.200. The van der Waals surface area contributed by atoms with Crippen molar-refractivity contribution in [1.82, 2.24) is 15.1 Å². The Morgan fingerprint density at radius 2 is 1.60 bits per heavy atom. The van der Waals surface area contributed by atoms with E-state index in [-0.39, 0.29) is 0 Å². The summed E-state index contributed by atoms with van der Waals surface area (Å²) >= 11 is 0. The Balaban J connectivity index is 1.07. The molecule has 5 aliphatic rings. The van der Waals surface area contributed by atoms with Gasteiger partial charge in [-0.15, -0.1) is 0 Å². The van der Waals surface area contributed by atoms with Crippen molar-refractivity contribution >= 4 is 0 Å². The van der Waals surface area contributed by atoms with Crippen molar-refractivity contribution in [3.63, 3.8) is 0 Å². The predicted molar refractivity (Wildman–Crippen MR) is 97.8 cm³/mol. The monoisotopic (exact) mass is 349 g/mol. The van der Waals surface area contributed by atoms with E-state index in [0.29, 0.717) is 11.5 Å². The van der Waals surface area contributed by atoms with Gasteiger partial charge in [-0.1, -0.05) is 6.42 Å². The molecule has 2 saturated carbocycles. The number of likely N-dealkylation sites (tertiary alicyclic amines) is 1. The van der Waals surface area contributed by atoms with Gasteiger partial charge in [-0.3, -0.25) is 4.90 Å². The fourth-order valence-corrected chi connectivity index (χ4v) is 6.18. The summed E-state index contributed by atoms with van der Waals surface area (Å²) in [6.07, 6.45) is 8.79. The van der Waals surface area contributed by atoms with Crippen molar-refractivity contribution in [3.8, 4) is 0 Å². The van der Waals surface area contributed by atoms with Crippen molar-refractivity contribution in [2.45, 2.75) is 56.7 Å². The summed E-state index contributed by atoms with van der Waals surface area (Å²) in [5.74, 6) is 0.819. The quantitative estimate of drug-likeness (QED) is 0.810. The molecule has 0 radical (unpaired) electrons. The molecule has 3 saturated heterocycles. The number of rotatable bonds is 5. The van der Waals surface area contributed by atoms with Crippen molar-refractivity contribution < 1.29 is 9.47 Å². The van der Waals surface area contributed by atoms with Gasteiger partial charge in [0.1, 0.15) is 0 Å². The zero-order chi connectivity index (χ0) is 16.7. The molecule has 5 fully saturated rings. The highest BCUT2D eigenvalue weighted by Gasteiger charge is 2.66. The van der Waals surface area contributed by atoms with Crippen LogP contribution < -0.4 is 5.32 Å². The molecule has 25 heavy (non-hydrogen) atoms. The molecule has 1 spiro atoms. The smallest absolute Gasteiger partial charge is 0.0690 e. The normalized spacial score (nSPS) is 39.1. The van der Waals surface area contributed by atoms with Crippen LogP contribution in [0.25, 0.3) is 0 Å². The van der Waals surface area contributed by atoms with Crippen molar-refractivity contribution in [2.24, 2.45) is 11.3 Å². The molecule has 0 unspecified atom stereocenters. The lowest BCUT2D eigenvalue weighted by atomic mass is 9.46. The molecule has 142 valence electrons. The van der Waals surface area contributed by atoms with E-state index in [0.717, 1.165) is 50.9 Å². The molecule has 0 aromatic carbocycles. The highest BCUT2D eigenvalue weighted by atomic mass is 16.5. The van der Waals surface area contributed by atoms with Crippen molar-refractivity contribution in [1.29, 1.82) is 0 Å². The minimum atomic E-state index is 0.536. The van der Waals surface area contributed by atoms with Crippen LogP contribution in [0.5, 0.6) is 0 Å². The van der Waals surface area contributed by atoms with Gasteiger partial charge in [0, 0.05) is 56.2 Å². The maximum atomic E-state index is 6.07. The highest BCUT2D eigenvalue weighted by molar-refractivity contribution is 5.18. The van der Waals surface area contributed by atoms with Gasteiger partial charge in [0.2, 0.25) is 0 Å². The third-order valence-corrected chi connectivity index (χ3v) is 7.88. The molecule has 0 aromatic rings. The van der Waals surface area contributed by atoms with Crippen LogP contribution in [-0.4, -0.2) is 87.1 Å². The summed E-state index contributed by atoms with van der Waals surface area (Å²) < 4.78 is 11.5. The SMILES string of the molecule is C1CC2(C1)[C@H](NC1CCN(CCN3CCOCC3)CC1)[C@H]1CCO[C@H]12. The number of piperidine rings is 1. The van der Waals surface area contributed by atoms with Crippen LogP contribution in [-0.2, 0) is 9.47 Å². The summed E-state index contributed by atoms with van der Waals surface area (Å²) in [7, 11) is 0. The first-order chi connectivity index (χ1) is 12.4. The van der Waals surface area contributed by atoms with E-state index in [1.54, 1.807) is 0 Å². The third kappa shape index (κ3) is 3.06. The summed E-state index contributed by atoms with van der Waals surface area (Å²) in [5, 5.41) is 4.11. The van der Waals surface area contributed by atoms with Crippen molar-refractivity contribution in [3.05, 3.63) is 0 Å². The Morgan fingerprint density at radius 1 is 0.880 bits per heavy atom. The zero-order valence-corrected chi connectivity index (χ0v) is 15.6. The van der Waals surface area contributed by atoms with Gasteiger partial charge >= 0.3 is 0 Å². The average Bonchev–Trinajstić information content (AvgIpc) is 3.04. The third-order valence-electron chi connectivity index (χ3n) is 7.88. The molecular weight excluding hydrogens is 314 g/mol. The lowest BCUT2D eigenvalue weighted by Crippen LogP contribution is -2.72. The number of nitrogens with one attached hydrogen (secondary N) is 1. The largest absolute Gasteiger partial charge is 0.379 e. The second-order valence-corrected chi connectivity index (χ2v) is 9.04. The second-order valence-electron chi connectivity index (χ2n) is 9.04. The van der Waals surface area contributed by atoms with Crippen LogP contribution in [0.1, 0.15) is 38.5 Å². The van der Waals surface area contributed by atoms with Crippen LogP contribution in [0.4, 0.5) is 0 Å². The topological polar surface area (TPSA) is 37.0 Å². The average molecular weight is 350 g/mol. The van der Waals surface area contributed by atoms with Crippen LogP contribution in [0, 0.1) is 11.3 Å². The highest BCUT2D eigenvalue weighted by Crippen LogP contribution is 2.62. The van der Waals surface area contributed by atoms with E-state index in [9.17, 15) is 0 Å². The van der Waals surface area contributed by atoms with Gasteiger partial charge in [0.05, 0.1) is 19.3 Å². The maximum Gasteiger partial charge on any atom is 0.0690 e. The molecular formula is C20H35N3O2. The standard InChI is InChI=1S/C20H35N3O2/c1-5-20(6-1)18(17-4-13-25-19(17)20)21-16-2-7-22(8-3-16)9-10-23-11-14-24-15-12-23/h16-19,21H,1-15H2/t17-,18-,19-/m1/s1. The molecule has 5 heteroatoms. The fraction of sp³-hybridized carbons (Fsp3) is 1.00. The Morgan fingerprint density at radius 3 is 2.28 bits per heavy atom. The van der Waals surface area contributed by atoms with Crippen molar-refractivity contribution in [2.75, 3.05) is 59.1 Å². The molecule has 0 amide bonds. The first kappa shape index (κ1) is 16.9. The Bertz CT molecular complexity index is 456. The van der Waals surface area contributed by atoms with E-state index in [4.69, 9.17) is 9.47 Å². The van der Waals surface area contributed by atoms with Crippen LogP contribution in [0.2, 0.25) is 0 Å². The van der Waals surface area contributed by atoms with Crippen LogP contribution in [0.3, 0.4) is 0 Å². The molecule has 5 rings (SSSR count). The van der Waals surface area contributed by atoms with Gasteiger partial charge in [-0.2, -0.15) is 0 Å². The summed E-state index contributed by atoms with van der Waals surface area (Å²) in [4.78, 5) is 5.23. The Kier molecular flexibility index (Phi) is 4.80. The molecule has 3 atom stereocenters. The Labute approximate surface area is 152 Å². The number of nitrogens with zero attached hydrogens (tertiary/aromatic N) is 2. The number of morpholine rings is 1. The minimum absolute atomic E-state index is 0.536. The van der Waals surface area contributed by atoms with Gasteiger partial charge in [0.25, 0.3) is 0 Å². The van der Waals surface area contributed by atoms with E-state index in [2.05, 4.69) is 15.1 Å². The molecule has 0 bridgehead atoms. The summed E-state index contributed by atoms with van der Waals surface area (Å²) in [6, 6.07) is 1.50. The maximum absolute atomic E-state index is 6.07.